The van der Waals surface area contributed by atoms with E-state index in [4.69, 9.17) is 0 Å². The average molecular weight is 307 g/mol. The van der Waals surface area contributed by atoms with Crippen molar-refractivity contribution in [3.63, 3.8) is 0 Å². The number of benzene rings is 1. The second-order valence-corrected chi connectivity index (χ2v) is 12.7. The first-order valence-corrected chi connectivity index (χ1v) is 10.3. The molecule has 1 nitrogen and oxygen atoms in total. The van der Waals surface area contributed by atoms with Crippen LogP contribution >= 0.6 is 11.8 Å². The molecular weight excluding hydrogens is 280 g/mol. The standard InChI is InChI=1S/C17H26OSSi/c1-13(2)20(14(3)4,15(5)6)11-10-19-17-9-7-8-16(18)12-17/h7-9,12-15,18H,1-6H3. The lowest BCUT2D eigenvalue weighted by molar-refractivity contribution is 0.474. The molecule has 0 aliphatic rings. The van der Waals surface area contributed by atoms with Gasteiger partial charge in [-0.15, -0.1) is 5.54 Å². The van der Waals surface area contributed by atoms with Crippen LogP contribution in [-0.4, -0.2) is 13.2 Å². The third-order valence-electron chi connectivity index (χ3n) is 4.12. The number of phenols is 1. The number of thioether (sulfide) groups is 1. The monoisotopic (exact) mass is 306 g/mol. The summed E-state index contributed by atoms with van der Waals surface area (Å²) in [5.74, 6) is 0.303. The maximum atomic E-state index is 9.48. The van der Waals surface area contributed by atoms with Gasteiger partial charge in [-0.25, -0.2) is 0 Å². The molecule has 1 aromatic rings. The summed E-state index contributed by atoms with van der Waals surface area (Å²) < 4.78 is 0. The summed E-state index contributed by atoms with van der Waals surface area (Å²) in [6, 6.07) is 7.30. The molecule has 0 saturated carbocycles. The normalized spacial score (nSPS) is 11.8. The van der Waals surface area contributed by atoms with E-state index in [-0.39, 0.29) is 0 Å². The molecule has 3 heteroatoms. The molecule has 0 radical (unpaired) electrons. The van der Waals surface area contributed by atoms with Crippen LogP contribution in [0, 0.1) is 10.8 Å². The van der Waals surface area contributed by atoms with Gasteiger partial charge in [0.15, 0.2) is 0 Å². The van der Waals surface area contributed by atoms with Crippen molar-refractivity contribution in [2.75, 3.05) is 0 Å². The summed E-state index contributed by atoms with van der Waals surface area (Å²) in [5.41, 5.74) is 5.63. The first-order valence-electron chi connectivity index (χ1n) is 7.28. The Labute approximate surface area is 129 Å². The molecule has 0 heterocycles. The Hall–Kier alpha value is -0.853. The molecule has 1 N–H and O–H groups in total. The Balaban J connectivity index is 3.00. The molecule has 1 aromatic carbocycles. The molecule has 0 aliphatic carbocycles. The first kappa shape index (κ1) is 17.2. The molecule has 0 fully saturated rings. The highest BCUT2D eigenvalue weighted by atomic mass is 32.2. The number of hydrogen-bond acceptors (Lipinski definition) is 2. The van der Waals surface area contributed by atoms with Crippen molar-refractivity contribution >= 4 is 19.8 Å². The van der Waals surface area contributed by atoms with Crippen LogP contribution in [0.25, 0.3) is 0 Å². The number of hydrogen-bond donors (Lipinski definition) is 1. The molecule has 0 unspecified atom stereocenters. The molecule has 20 heavy (non-hydrogen) atoms. The van der Waals surface area contributed by atoms with E-state index in [1.54, 1.807) is 12.1 Å². The number of aromatic hydroxyl groups is 1. The van der Waals surface area contributed by atoms with Crippen LogP contribution in [0.4, 0.5) is 0 Å². The van der Waals surface area contributed by atoms with Gasteiger partial charge in [0.25, 0.3) is 0 Å². The maximum absolute atomic E-state index is 9.48. The minimum Gasteiger partial charge on any atom is -0.508 e. The van der Waals surface area contributed by atoms with Gasteiger partial charge in [-0.2, -0.15) is 0 Å². The minimum atomic E-state index is -1.64. The van der Waals surface area contributed by atoms with Gasteiger partial charge in [0, 0.05) is 4.90 Å². The van der Waals surface area contributed by atoms with Gasteiger partial charge < -0.3 is 5.11 Å². The fraction of sp³-hybridized carbons (Fsp3) is 0.529. The molecule has 0 aliphatic heterocycles. The summed E-state index contributed by atoms with van der Waals surface area (Å²) in [6.45, 7) is 13.9. The number of phenolic OH excluding ortho intramolecular Hbond substituents is 1. The average Bonchev–Trinajstić information content (AvgIpc) is 2.33. The van der Waals surface area contributed by atoms with E-state index in [1.165, 1.54) is 11.8 Å². The molecular formula is C17H26OSSi. The van der Waals surface area contributed by atoms with E-state index in [2.05, 4.69) is 52.3 Å². The Morgan fingerprint density at radius 2 is 1.55 bits per heavy atom. The van der Waals surface area contributed by atoms with Gasteiger partial charge in [-0.3, -0.25) is 0 Å². The zero-order valence-corrected chi connectivity index (χ0v) is 15.2. The fourth-order valence-corrected chi connectivity index (χ4v) is 9.37. The zero-order valence-electron chi connectivity index (χ0n) is 13.4. The smallest absolute Gasteiger partial charge is 0.147 e. The molecule has 0 aromatic heterocycles. The molecule has 0 spiro atoms. The Morgan fingerprint density at radius 1 is 1.00 bits per heavy atom. The van der Waals surface area contributed by atoms with E-state index < -0.39 is 8.07 Å². The lowest BCUT2D eigenvalue weighted by Gasteiger charge is -2.37. The molecule has 0 atom stereocenters. The van der Waals surface area contributed by atoms with Crippen LogP contribution in [0.2, 0.25) is 16.6 Å². The predicted molar refractivity (Wildman–Crippen MR) is 92.8 cm³/mol. The fourth-order valence-electron chi connectivity index (χ4n) is 3.15. The van der Waals surface area contributed by atoms with Crippen molar-refractivity contribution in [2.45, 2.75) is 63.1 Å². The second kappa shape index (κ2) is 7.24. The molecule has 1 rings (SSSR count). The third-order valence-corrected chi connectivity index (χ3v) is 11.3. The SMILES string of the molecule is CC(C)[Si](C#CSc1cccc(O)c1)(C(C)C)C(C)C. The summed E-state index contributed by atoms with van der Waals surface area (Å²) >= 11 is 1.53. The van der Waals surface area contributed by atoms with E-state index in [9.17, 15) is 5.11 Å². The predicted octanol–water partition coefficient (Wildman–Crippen LogP) is 5.66. The van der Waals surface area contributed by atoms with Gasteiger partial charge in [0.1, 0.15) is 13.8 Å². The van der Waals surface area contributed by atoms with Crippen molar-refractivity contribution in [1.29, 1.82) is 0 Å². The Bertz CT molecular complexity index is 475. The van der Waals surface area contributed by atoms with Crippen molar-refractivity contribution in [2.24, 2.45) is 0 Å². The van der Waals surface area contributed by atoms with Crippen molar-refractivity contribution in [3.05, 3.63) is 24.3 Å². The van der Waals surface area contributed by atoms with E-state index >= 15 is 0 Å². The highest BCUT2D eigenvalue weighted by molar-refractivity contribution is 8.04. The van der Waals surface area contributed by atoms with Gasteiger partial charge >= 0.3 is 0 Å². The summed E-state index contributed by atoms with van der Waals surface area (Å²) in [5, 5.41) is 12.8. The summed E-state index contributed by atoms with van der Waals surface area (Å²) in [6.07, 6.45) is 0. The van der Waals surface area contributed by atoms with Crippen molar-refractivity contribution < 1.29 is 5.11 Å². The van der Waals surface area contributed by atoms with Crippen molar-refractivity contribution in [1.82, 2.24) is 0 Å². The maximum Gasteiger partial charge on any atom is 0.147 e. The highest BCUT2D eigenvalue weighted by Crippen LogP contribution is 2.41. The highest BCUT2D eigenvalue weighted by Gasteiger charge is 2.41. The molecule has 0 amide bonds. The van der Waals surface area contributed by atoms with Crippen molar-refractivity contribution in [3.8, 4) is 16.5 Å². The summed E-state index contributed by atoms with van der Waals surface area (Å²) in [4.78, 5) is 1.01. The van der Waals surface area contributed by atoms with E-state index in [1.807, 2.05) is 12.1 Å². The Morgan fingerprint density at radius 3 is 2.00 bits per heavy atom. The third kappa shape index (κ3) is 3.83. The lowest BCUT2D eigenvalue weighted by atomic mass is 10.3. The van der Waals surface area contributed by atoms with Crippen LogP contribution < -0.4 is 0 Å². The van der Waals surface area contributed by atoms with Crippen LogP contribution in [0.15, 0.2) is 29.2 Å². The Kier molecular flexibility index (Phi) is 6.23. The van der Waals surface area contributed by atoms with Crippen LogP contribution in [-0.2, 0) is 0 Å². The van der Waals surface area contributed by atoms with Crippen LogP contribution in [0.3, 0.4) is 0 Å². The van der Waals surface area contributed by atoms with E-state index in [0.717, 1.165) is 4.90 Å². The topological polar surface area (TPSA) is 20.2 Å². The first-order chi connectivity index (χ1) is 9.30. The second-order valence-electron chi connectivity index (χ2n) is 6.22. The minimum absolute atomic E-state index is 0.303. The summed E-state index contributed by atoms with van der Waals surface area (Å²) in [7, 11) is -1.64. The molecule has 0 saturated heterocycles. The van der Waals surface area contributed by atoms with Gasteiger partial charge in [0.05, 0.1) is 0 Å². The quantitative estimate of drug-likeness (QED) is 0.440. The molecule has 0 bridgehead atoms. The van der Waals surface area contributed by atoms with Gasteiger partial charge in [-0.1, -0.05) is 47.6 Å². The van der Waals surface area contributed by atoms with Crippen LogP contribution in [0.1, 0.15) is 41.5 Å². The molecule has 110 valence electrons. The van der Waals surface area contributed by atoms with Gasteiger partial charge in [-0.05, 0) is 51.8 Å². The zero-order chi connectivity index (χ0) is 15.3. The van der Waals surface area contributed by atoms with Gasteiger partial charge in [0.2, 0.25) is 0 Å². The van der Waals surface area contributed by atoms with E-state index in [0.29, 0.717) is 22.4 Å². The largest absolute Gasteiger partial charge is 0.508 e. The van der Waals surface area contributed by atoms with Crippen LogP contribution in [0.5, 0.6) is 5.75 Å². The number of rotatable bonds is 4. The lowest BCUT2D eigenvalue weighted by Crippen LogP contribution is -2.43.